The molecule has 4 nitrogen and oxygen atoms in total. The van der Waals surface area contributed by atoms with Crippen LogP contribution in [0.15, 0.2) is 18.2 Å². The van der Waals surface area contributed by atoms with Crippen LogP contribution in [0.3, 0.4) is 0 Å². The molecule has 4 rings (SSSR count). The first-order chi connectivity index (χ1) is 13.5. The van der Waals surface area contributed by atoms with Crippen LogP contribution in [0.4, 0.5) is 4.39 Å². The zero-order valence-corrected chi connectivity index (χ0v) is 16.9. The number of nitrogens with one attached hydrogen (secondary N) is 1. The summed E-state index contributed by atoms with van der Waals surface area (Å²) in [6.45, 7) is 4.79. The van der Waals surface area contributed by atoms with Crippen molar-refractivity contribution < 1.29 is 9.18 Å². The highest BCUT2D eigenvalue weighted by atomic mass is 19.1. The molecule has 1 N–H and O–H groups in total. The molecule has 0 saturated heterocycles. The second-order valence-corrected chi connectivity index (χ2v) is 8.54. The molecule has 2 aliphatic carbocycles. The van der Waals surface area contributed by atoms with Crippen molar-refractivity contribution in [1.82, 2.24) is 14.9 Å². The van der Waals surface area contributed by atoms with Crippen LogP contribution in [-0.4, -0.2) is 21.5 Å². The van der Waals surface area contributed by atoms with Gasteiger partial charge in [-0.2, -0.15) is 0 Å². The van der Waals surface area contributed by atoms with E-state index in [9.17, 15) is 9.18 Å². The van der Waals surface area contributed by atoms with E-state index in [0.717, 1.165) is 42.0 Å². The van der Waals surface area contributed by atoms with Crippen molar-refractivity contribution in [3.8, 4) is 11.4 Å². The van der Waals surface area contributed by atoms with Gasteiger partial charge in [-0.3, -0.25) is 4.79 Å². The average molecular weight is 384 g/mol. The van der Waals surface area contributed by atoms with E-state index in [0.29, 0.717) is 11.6 Å². The number of benzene rings is 1. The van der Waals surface area contributed by atoms with Crippen LogP contribution in [0.2, 0.25) is 0 Å². The highest BCUT2D eigenvalue weighted by Gasteiger charge is 2.27. The molecule has 0 atom stereocenters. The number of nitrogens with zero attached hydrogens (tertiary/aromatic N) is 2. The van der Waals surface area contributed by atoms with Crippen LogP contribution >= 0.6 is 0 Å². The SMILES string of the molecule is Cc1ccc(F)cc1-c1nc(C(=O)NC2CCC2)c(C)n1CC1CCCCC1. The number of rotatable bonds is 5. The van der Waals surface area contributed by atoms with Crippen LogP contribution in [0.5, 0.6) is 0 Å². The van der Waals surface area contributed by atoms with Crippen LogP contribution in [0, 0.1) is 25.6 Å². The number of aryl methyl sites for hydroxylation is 1. The van der Waals surface area contributed by atoms with E-state index in [2.05, 4.69) is 9.88 Å². The van der Waals surface area contributed by atoms with Crippen molar-refractivity contribution in [2.45, 2.75) is 77.8 Å². The first-order valence-electron chi connectivity index (χ1n) is 10.7. The number of imidazole rings is 1. The second kappa shape index (κ2) is 8.06. The topological polar surface area (TPSA) is 46.9 Å². The Hall–Kier alpha value is -2.17. The summed E-state index contributed by atoms with van der Waals surface area (Å²) in [6.07, 6.45) is 9.53. The molecule has 2 saturated carbocycles. The van der Waals surface area contributed by atoms with Gasteiger partial charge in [0.15, 0.2) is 0 Å². The van der Waals surface area contributed by atoms with Crippen molar-refractivity contribution in [1.29, 1.82) is 0 Å². The van der Waals surface area contributed by atoms with E-state index in [1.807, 2.05) is 13.8 Å². The lowest BCUT2D eigenvalue weighted by molar-refractivity contribution is 0.0911. The first-order valence-corrected chi connectivity index (χ1v) is 10.7. The maximum absolute atomic E-state index is 14.0. The van der Waals surface area contributed by atoms with E-state index in [1.165, 1.54) is 44.6 Å². The summed E-state index contributed by atoms with van der Waals surface area (Å²) in [4.78, 5) is 17.6. The Morgan fingerprint density at radius 1 is 1.14 bits per heavy atom. The molecule has 2 fully saturated rings. The molecule has 0 radical (unpaired) electrons. The van der Waals surface area contributed by atoms with Crippen LogP contribution < -0.4 is 5.32 Å². The predicted octanol–water partition coefficient (Wildman–Crippen LogP) is 5.17. The third-order valence-corrected chi connectivity index (χ3v) is 6.48. The van der Waals surface area contributed by atoms with Gasteiger partial charge in [0.1, 0.15) is 17.3 Å². The molecule has 0 unspecified atom stereocenters. The third-order valence-electron chi connectivity index (χ3n) is 6.48. The Morgan fingerprint density at radius 3 is 2.57 bits per heavy atom. The van der Waals surface area contributed by atoms with E-state index < -0.39 is 0 Å². The van der Waals surface area contributed by atoms with Gasteiger partial charge in [0.2, 0.25) is 0 Å². The molecule has 150 valence electrons. The van der Waals surface area contributed by atoms with Crippen molar-refractivity contribution in [2.75, 3.05) is 0 Å². The highest BCUT2D eigenvalue weighted by molar-refractivity contribution is 5.94. The van der Waals surface area contributed by atoms with Gasteiger partial charge < -0.3 is 9.88 Å². The summed E-state index contributed by atoms with van der Waals surface area (Å²) >= 11 is 0. The molecular weight excluding hydrogens is 353 g/mol. The van der Waals surface area contributed by atoms with Crippen molar-refractivity contribution in [2.24, 2.45) is 5.92 Å². The maximum atomic E-state index is 14.0. The van der Waals surface area contributed by atoms with Crippen molar-refractivity contribution in [3.05, 3.63) is 41.0 Å². The lowest BCUT2D eigenvalue weighted by Crippen LogP contribution is -2.39. The van der Waals surface area contributed by atoms with Gasteiger partial charge in [-0.1, -0.05) is 25.3 Å². The molecule has 2 aliphatic rings. The number of aromatic nitrogens is 2. The molecule has 1 heterocycles. The van der Waals surface area contributed by atoms with Crippen LogP contribution in [0.1, 0.15) is 73.1 Å². The lowest BCUT2D eigenvalue weighted by atomic mass is 9.89. The van der Waals surface area contributed by atoms with Gasteiger partial charge in [0, 0.05) is 23.8 Å². The minimum atomic E-state index is -0.272. The molecule has 2 aromatic rings. The minimum absolute atomic E-state index is 0.0973. The zero-order chi connectivity index (χ0) is 19.7. The quantitative estimate of drug-likeness (QED) is 0.774. The number of hydrogen-bond donors (Lipinski definition) is 1. The molecule has 28 heavy (non-hydrogen) atoms. The zero-order valence-electron chi connectivity index (χ0n) is 16.9. The standard InChI is InChI=1S/C23H30FN3O/c1-15-11-12-18(24)13-20(15)22-26-21(23(28)25-19-9-6-10-19)16(2)27(22)14-17-7-4-3-5-8-17/h11-13,17,19H,3-10,14H2,1-2H3,(H,25,28). The minimum Gasteiger partial charge on any atom is -0.348 e. The number of carbonyl (C=O) groups excluding carboxylic acids is 1. The molecule has 0 spiro atoms. The Labute approximate surface area is 166 Å². The third kappa shape index (κ3) is 3.85. The fourth-order valence-corrected chi connectivity index (χ4v) is 4.45. The normalized spacial score (nSPS) is 18.1. The molecule has 1 amide bonds. The van der Waals surface area contributed by atoms with E-state index in [1.54, 1.807) is 12.1 Å². The number of carbonyl (C=O) groups is 1. The van der Waals surface area contributed by atoms with Gasteiger partial charge in [-0.25, -0.2) is 9.37 Å². The second-order valence-electron chi connectivity index (χ2n) is 8.54. The van der Waals surface area contributed by atoms with E-state index in [4.69, 9.17) is 4.98 Å². The summed E-state index contributed by atoms with van der Waals surface area (Å²) in [5, 5.41) is 3.11. The van der Waals surface area contributed by atoms with E-state index >= 15 is 0 Å². The van der Waals surface area contributed by atoms with Gasteiger partial charge in [0.25, 0.3) is 5.91 Å². The fourth-order valence-electron chi connectivity index (χ4n) is 4.45. The largest absolute Gasteiger partial charge is 0.348 e. The van der Waals surface area contributed by atoms with Crippen molar-refractivity contribution >= 4 is 5.91 Å². The van der Waals surface area contributed by atoms with Crippen molar-refractivity contribution in [3.63, 3.8) is 0 Å². The van der Waals surface area contributed by atoms with Gasteiger partial charge in [0.05, 0.1) is 0 Å². The Bertz CT molecular complexity index is 863. The van der Waals surface area contributed by atoms with Crippen LogP contribution in [0.25, 0.3) is 11.4 Å². The highest BCUT2D eigenvalue weighted by Crippen LogP contribution is 2.31. The molecular formula is C23H30FN3O. The summed E-state index contributed by atoms with van der Waals surface area (Å²) < 4.78 is 16.2. The monoisotopic (exact) mass is 383 g/mol. The number of halogens is 1. The molecule has 1 aromatic carbocycles. The summed E-state index contributed by atoms with van der Waals surface area (Å²) in [6, 6.07) is 5.08. The molecule has 0 bridgehead atoms. The predicted molar refractivity (Wildman–Crippen MR) is 109 cm³/mol. The van der Waals surface area contributed by atoms with Gasteiger partial charge in [-0.05, 0) is 69.6 Å². The molecule has 5 heteroatoms. The Morgan fingerprint density at radius 2 is 1.89 bits per heavy atom. The Balaban J connectivity index is 1.72. The van der Waals surface area contributed by atoms with Crippen LogP contribution in [-0.2, 0) is 6.54 Å². The van der Waals surface area contributed by atoms with Gasteiger partial charge >= 0.3 is 0 Å². The number of hydrogen-bond acceptors (Lipinski definition) is 2. The van der Waals surface area contributed by atoms with E-state index in [-0.39, 0.29) is 17.8 Å². The molecule has 1 aromatic heterocycles. The molecule has 0 aliphatic heterocycles. The Kier molecular flexibility index (Phi) is 5.51. The average Bonchev–Trinajstić information content (AvgIpc) is 2.97. The first kappa shape index (κ1) is 19.2. The fraction of sp³-hybridized carbons (Fsp3) is 0.565. The smallest absolute Gasteiger partial charge is 0.271 e. The summed E-state index contributed by atoms with van der Waals surface area (Å²) in [5.74, 6) is 0.946. The maximum Gasteiger partial charge on any atom is 0.271 e. The number of amides is 1. The summed E-state index contributed by atoms with van der Waals surface area (Å²) in [5.41, 5.74) is 3.13. The summed E-state index contributed by atoms with van der Waals surface area (Å²) in [7, 11) is 0. The van der Waals surface area contributed by atoms with Gasteiger partial charge in [-0.15, -0.1) is 0 Å². The lowest BCUT2D eigenvalue weighted by Gasteiger charge is -2.26.